The molecule has 0 fully saturated rings. The second-order valence-electron chi connectivity index (χ2n) is 11.2. The number of nitriles is 3. The number of alkyl halides is 3. The summed E-state index contributed by atoms with van der Waals surface area (Å²) in [7, 11) is -2.20. The van der Waals surface area contributed by atoms with E-state index in [1.807, 2.05) is 62.3 Å². The van der Waals surface area contributed by atoms with Gasteiger partial charge in [0.05, 0.1) is 18.2 Å². The first kappa shape index (κ1) is 39.5. The molecule has 0 aliphatic rings. The van der Waals surface area contributed by atoms with Gasteiger partial charge in [-0.15, -0.1) is 0 Å². The molecule has 13 heteroatoms. The summed E-state index contributed by atoms with van der Waals surface area (Å²) in [6, 6.07) is 5.96. The molecule has 0 aliphatic heterocycles. The average Bonchev–Trinajstić information content (AvgIpc) is 2.82. The average molecular weight is 642 g/mol. The zero-order valence-corrected chi connectivity index (χ0v) is 28.7. The van der Waals surface area contributed by atoms with E-state index < -0.39 is 23.6 Å². The summed E-state index contributed by atoms with van der Waals surface area (Å²) >= 11 is 20.9. The van der Waals surface area contributed by atoms with Crippen molar-refractivity contribution in [1.29, 1.82) is 15.8 Å². The predicted molar refractivity (Wildman–Crippen MR) is 162 cm³/mol. The van der Waals surface area contributed by atoms with Gasteiger partial charge in [-0.2, -0.15) is 31.0 Å². The predicted octanol–water partition coefficient (Wildman–Crippen LogP) is 9.09. The lowest BCUT2D eigenvalue weighted by molar-refractivity contribution is -0.228. The summed E-state index contributed by atoms with van der Waals surface area (Å²) in [4.78, 5) is -2.88. The number of rotatable bonds is 21. The van der Waals surface area contributed by atoms with Crippen molar-refractivity contribution in [3.8, 4) is 18.2 Å². The van der Waals surface area contributed by atoms with Crippen molar-refractivity contribution in [3.63, 3.8) is 0 Å². The molecule has 0 radical (unpaired) electrons. The molecule has 3 atom stereocenters. The molecule has 0 aliphatic carbocycles. The van der Waals surface area contributed by atoms with Crippen molar-refractivity contribution in [1.82, 2.24) is 15.2 Å². The van der Waals surface area contributed by atoms with Crippen LogP contribution in [0.5, 0.6) is 0 Å². The third-order valence-electron chi connectivity index (χ3n) is 6.01. The maximum atomic E-state index is 9.02. The minimum Gasteiger partial charge on any atom is -0.217 e. The first-order chi connectivity index (χ1) is 18.5. The van der Waals surface area contributed by atoms with E-state index >= 15 is 0 Å². The quantitative estimate of drug-likeness (QED) is 0.0398. The van der Waals surface area contributed by atoms with E-state index in [4.69, 9.17) is 64.5 Å². The van der Waals surface area contributed by atoms with E-state index in [0.29, 0.717) is 57.8 Å². The number of hydrogen-bond acceptors (Lipinski definition) is 9. The highest BCUT2D eigenvalue weighted by molar-refractivity contribution is 7.41. The first-order valence-corrected chi connectivity index (χ1v) is 16.1. The molecule has 0 aromatic heterocycles. The topological polar surface area (TPSA) is 109 Å². The molecule has 0 spiro atoms. The van der Waals surface area contributed by atoms with Crippen LogP contribution in [0.1, 0.15) is 120 Å². The van der Waals surface area contributed by atoms with E-state index in [1.54, 1.807) is 15.2 Å². The number of hydrogen-bond donors (Lipinski definition) is 0. The van der Waals surface area contributed by atoms with Crippen LogP contribution >= 0.6 is 43.4 Å². The standard InChI is InChI=1S/C27H48Cl3N6O3P/c1-22(2)34(25(7,28)16-10-13-19-31)37-40(38-35(23(3)4)26(8,29)17-11-14-20-32)39-36(24(5)6)27(9,30)18-12-15-21-33/h22-24H,10-18H2,1-9H3. The molecule has 0 heterocycles. The molecular weight excluding hydrogens is 594 g/mol. The van der Waals surface area contributed by atoms with Crippen LogP contribution in [0.4, 0.5) is 0 Å². The Kier molecular flexibility index (Phi) is 18.7. The van der Waals surface area contributed by atoms with Crippen molar-refractivity contribution in [3.05, 3.63) is 0 Å². The second kappa shape index (κ2) is 18.9. The number of unbranched alkanes of at least 4 members (excludes halogenated alkanes) is 3. The molecule has 9 nitrogen and oxygen atoms in total. The van der Waals surface area contributed by atoms with Crippen molar-refractivity contribution in [2.24, 2.45) is 0 Å². The monoisotopic (exact) mass is 640 g/mol. The molecule has 3 unspecified atom stereocenters. The van der Waals surface area contributed by atoms with Crippen LogP contribution in [0.25, 0.3) is 0 Å². The molecule has 0 N–H and O–H groups in total. The molecule has 0 rings (SSSR count). The van der Waals surface area contributed by atoms with E-state index in [2.05, 4.69) is 18.2 Å². The lowest BCUT2D eigenvalue weighted by atomic mass is 10.1. The van der Waals surface area contributed by atoms with Gasteiger partial charge in [-0.3, -0.25) is 0 Å². The molecule has 0 saturated heterocycles. The molecular formula is C27H48Cl3N6O3P. The van der Waals surface area contributed by atoms with Crippen LogP contribution in [-0.4, -0.2) is 48.3 Å². The normalized spacial score (nSPS) is 17.5. The van der Waals surface area contributed by atoms with Gasteiger partial charge in [0.25, 0.3) is 0 Å². The fraction of sp³-hybridized carbons (Fsp3) is 0.889. The van der Waals surface area contributed by atoms with Crippen LogP contribution < -0.4 is 0 Å². The minimum absolute atomic E-state index is 0.169. The first-order valence-electron chi connectivity index (χ1n) is 13.9. The lowest BCUT2D eigenvalue weighted by Gasteiger charge is -2.45. The fourth-order valence-corrected chi connectivity index (χ4v) is 7.08. The Morgan fingerprint density at radius 2 is 0.800 bits per heavy atom. The van der Waals surface area contributed by atoms with Gasteiger partial charge in [0, 0.05) is 37.4 Å². The lowest BCUT2D eigenvalue weighted by Crippen LogP contribution is -2.50. The Balaban J connectivity index is 6.43. The van der Waals surface area contributed by atoms with Crippen LogP contribution in [0.15, 0.2) is 0 Å². The van der Waals surface area contributed by atoms with Crippen LogP contribution in [0.3, 0.4) is 0 Å². The number of halogens is 3. The summed E-state index contributed by atoms with van der Waals surface area (Å²) in [6.07, 6.45) is 4.38. The van der Waals surface area contributed by atoms with E-state index in [0.717, 1.165) is 0 Å². The third kappa shape index (κ3) is 14.1. The molecule has 0 aromatic carbocycles. The van der Waals surface area contributed by atoms with Crippen molar-refractivity contribution in [2.45, 2.75) is 153 Å². The zero-order chi connectivity index (χ0) is 31.1. The molecule has 0 amide bonds. The van der Waals surface area contributed by atoms with Gasteiger partial charge in [0.2, 0.25) is 0 Å². The van der Waals surface area contributed by atoms with Crippen molar-refractivity contribution in [2.75, 3.05) is 0 Å². The Bertz CT molecular complexity index is 747. The molecule has 0 bridgehead atoms. The summed E-state index contributed by atoms with van der Waals surface area (Å²) in [5.74, 6) is 0. The minimum atomic E-state index is -2.20. The smallest absolute Gasteiger partial charge is 0.217 e. The Hall–Kier alpha value is -0.470. The summed E-state index contributed by atoms with van der Waals surface area (Å²) in [5.41, 5.74) is 0. The Labute approximate surface area is 259 Å². The maximum absolute atomic E-state index is 9.02. The third-order valence-corrected chi connectivity index (χ3v) is 8.01. The van der Waals surface area contributed by atoms with Crippen LogP contribution in [-0.2, 0) is 13.9 Å². The van der Waals surface area contributed by atoms with Gasteiger partial charge >= 0.3 is 8.60 Å². The number of hydroxylamine groups is 6. The molecule has 230 valence electrons. The fourth-order valence-electron chi connectivity index (χ4n) is 4.21. The van der Waals surface area contributed by atoms with Crippen LogP contribution in [0, 0.1) is 34.0 Å². The van der Waals surface area contributed by atoms with Gasteiger partial charge in [-0.05, 0) is 101 Å². The van der Waals surface area contributed by atoms with Crippen molar-refractivity contribution < 1.29 is 13.9 Å². The highest BCUT2D eigenvalue weighted by Gasteiger charge is 2.43. The SMILES string of the molecule is CC(C)N(OP(ON(C(C)C)C(C)(Cl)CCCC#N)ON(C(C)C)C(C)(Cl)CCCC#N)C(C)(Cl)CCCC#N. The van der Waals surface area contributed by atoms with Gasteiger partial charge in [0.1, 0.15) is 15.0 Å². The Morgan fingerprint density at radius 3 is 0.975 bits per heavy atom. The highest BCUT2D eigenvalue weighted by Crippen LogP contribution is 2.51. The second-order valence-corrected chi connectivity index (χ2v) is 14.6. The van der Waals surface area contributed by atoms with Gasteiger partial charge in [0.15, 0.2) is 0 Å². The van der Waals surface area contributed by atoms with Gasteiger partial charge in [-0.1, -0.05) is 34.8 Å². The summed E-state index contributed by atoms with van der Waals surface area (Å²) < 4.78 is 19.3. The maximum Gasteiger partial charge on any atom is 0.387 e. The highest BCUT2D eigenvalue weighted by atomic mass is 35.5. The van der Waals surface area contributed by atoms with Crippen molar-refractivity contribution >= 4 is 43.4 Å². The molecule has 40 heavy (non-hydrogen) atoms. The van der Waals surface area contributed by atoms with E-state index in [1.165, 1.54) is 0 Å². The Morgan fingerprint density at radius 1 is 0.575 bits per heavy atom. The molecule has 0 saturated carbocycles. The summed E-state index contributed by atoms with van der Waals surface area (Å²) in [6.45, 7) is 17.2. The number of nitrogens with zero attached hydrogens (tertiary/aromatic N) is 6. The van der Waals surface area contributed by atoms with Crippen LogP contribution in [0.2, 0.25) is 0 Å². The largest absolute Gasteiger partial charge is 0.387 e. The zero-order valence-electron chi connectivity index (χ0n) is 25.6. The van der Waals surface area contributed by atoms with Gasteiger partial charge < -0.3 is 0 Å². The molecule has 0 aromatic rings. The van der Waals surface area contributed by atoms with E-state index in [9.17, 15) is 0 Å². The van der Waals surface area contributed by atoms with E-state index in [-0.39, 0.29) is 18.1 Å². The van der Waals surface area contributed by atoms with Gasteiger partial charge in [-0.25, -0.2) is 13.9 Å². The summed E-state index contributed by atoms with van der Waals surface area (Å²) in [5, 5.41) is 32.0.